The number of carbonyl (C=O) groups excluding carboxylic acids is 1. The third kappa shape index (κ3) is 2.09. The maximum absolute atomic E-state index is 11.0. The lowest BCUT2D eigenvalue weighted by Crippen LogP contribution is -2.35. The van der Waals surface area contributed by atoms with Crippen LogP contribution in [0.5, 0.6) is 5.75 Å². The molecule has 0 aliphatic rings. The van der Waals surface area contributed by atoms with Gasteiger partial charge in [-0.05, 0) is 25.1 Å². The summed E-state index contributed by atoms with van der Waals surface area (Å²) >= 11 is 5.73. The van der Waals surface area contributed by atoms with Gasteiger partial charge in [0, 0.05) is 11.6 Å². The first-order valence-electron chi connectivity index (χ1n) is 4.11. The van der Waals surface area contributed by atoms with Crippen LogP contribution in [0.3, 0.4) is 0 Å². The van der Waals surface area contributed by atoms with Crippen molar-refractivity contribution in [1.29, 1.82) is 0 Å². The molecule has 1 aromatic carbocycles. The standard InChI is InChI=1S/C9H11ClN2O2/c1-2-12(9(11)14)7-5-6(10)3-4-8(7)13/h3-5,13H,2H2,1H3,(H2,11,14). The van der Waals surface area contributed by atoms with E-state index in [-0.39, 0.29) is 5.75 Å². The number of hydrogen-bond donors (Lipinski definition) is 2. The van der Waals surface area contributed by atoms with Crippen LogP contribution in [0.15, 0.2) is 18.2 Å². The molecule has 1 rings (SSSR count). The molecule has 0 radical (unpaired) electrons. The van der Waals surface area contributed by atoms with E-state index in [1.54, 1.807) is 6.92 Å². The molecule has 0 saturated heterocycles. The van der Waals surface area contributed by atoms with Gasteiger partial charge in [-0.15, -0.1) is 0 Å². The summed E-state index contributed by atoms with van der Waals surface area (Å²) in [5.41, 5.74) is 5.46. The minimum absolute atomic E-state index is 0.0185. The number of amides is 2. The molecular formula is C9H11ClN2O2. The number of rotatable bonds is 2. The lowest BCUT2D eigenvalue weighted by atomic mass is 10.2. The number of hydrogen-bond acceptors (Lipinski definition) is 2. The number of nitrogens with zero attached hydrogens (tertiary/aromatic N) is 1. The van der Waals surface area contributed by atoms with E-state index in [0.717, 1.165) is 0 Å². The van der Waals surface area contributed by atoms with Gasteiger partial charge in [0.1, 0.15) is 5.75 Å². The van der Waals surface area contributed by atoms with Crippen molar-refractivity contribution in [1.82, 2.24) is 0 Å². The van der Waals surface area contributed by atoms with E-state index in [1.165, 1.54) is 23.1 Å². The Kier molecular flexibility index (Phi) is 3.19. The lowest BCUT2D eigenvalue weighted by Gasteiger charge is -2.19. The van der Waals surface area contributed by atoms with Crippen LogP contribution in [-0.4, -0.2) is 17.7 Å². The van der Waals surface area contributed by atoms with Gasteiger partial charge < -0.3 is 10.8 Å². The van der Waals surface area contributed by atoms with Crippen LogP contribution in [0.2, 0.25) is 5.02 Å². The predicted molar refractivity (Wildman–Crippen MR) is 55.7 cm³/mol. The minimum Gasteiger partial charge on any atom is -0.506 e. The number of halogens is 1. The highest BCUT2D eigenvalue weighted by Crippen LogP contribution is 2.29. The molecule has 5 heteroatoms. The number of phenolic OH excluding ortho intramolecular Hbond substituents is 1. The molecule has 3 N–H and O–H groups in total. The molecule has 2 amide bonds. The Morgan fingerprint density at radius 2 is 2.29 bits per heavy atom. The van der Waals surface area contributed by atoms with Gasteiger partial charge in [-0.2, -0.15) is 0 Å². The number of primary amides is 1. The number of urea groups is 1. The molecule has 1 aromatic rings. The fourth-order valence-electron chi connectivity index (χ4n) is 1.16. The highest BCUT2D eigenvalue weighted by molar-refractivity contribution is 6.31. The summed E-state index contributed by atoms with van der Waals surface area (Å²) in [6.07, 6.45) is 0. The Balaban J connectivity index is 3.15. The van der Waals surface area contributed by atoms with Crippen molar-refractivity contribution in [2.45, 2.75) is 6.92 Å². The Bertz CT molecular complexity index is 355. The number of anilines is 1. The van der Waals surface area contributed by atoms with Crippen molar-refractivity contribution in [3.63, 3.8) is 0 Å². The monoisotopic (exact) mass is 214 g/mol. The molecule has 14 heavy (non-hydrogen) atoms. The van der Waals surface area contributed by atoms with Crippen LogP contribution < -0.4 is 10.6 Å². The molecule has 0 fully saturated rings. The molecule has 0 heterocycles. The quantitative estimate of drug-likeness (QED) is 0.790. The molecule has 0 spiro atoms. The summed E-state index contributed by atoms with van der Waals surface area (Å²) in [7, 11) is 0. The first kappa shape index (κ1) is 10.7. The van der Waals surface area contributed by atoms with E-state index < -0.39 is 6.03 Å². The number of phenols is 1. The van der Waals surface area contributed by atoms with Gasteiger partial charge >= 0.3 is 6.03 Å². The van der Waals surface area contributed by atoms with Crippen molar-refractivity contribution in [2.75, 3.05) is 11.4 Å². The van der Waals surface area contributed by atoms with E-state index in [2.05, 4.69) is 0 Å². The largest absolute Gasteiger partial charge is 0.506 e. The highest BCUT2D eigenvalue weighted by Gasteiger charge is 2.14. The van der Waals surface area contributed by atoms with E-state index in [1.807, 2.05) is 0 Å². The second kappa shape index (κ2) is 4.19. The van der Waals surface area contributed by atoms with Crippen LogP contribution in [0, 0.1) is 0 Å². The number of carbonyl (C=O) groups is 1. The summed E-state index contributed by atoms with van der Waals surface area (Å²) in [6.45, 7) is 2.13. The van der Waals surface area contributed by atoms with E-state index >= 15 is 0 Å². The summed E-state index contributed by atoms with van der Waals surface area (Å²) in [5, 5.41) is 9.92. The number of nitrogens with two attached hydrogens (primary N) is 1. The molecule has 0 aromatic heterocycles. The van der Waals surface area contributed by atoms with Crippen LogP contribution in [0.4, 0.5) is 10.5 Å². The molecule has 4 nitrogen and oxygen atoms in total. The van der Waals surface area contributed by atoms with Gasteiger partial charge in [0.2, 0.25) is 0 Å². The zero-order valence-corrected chi connectivity index (χ0v) is 8.45. The molecule has 0 unspecified atom stereocenters. The molecule has 0 aliphatic carbocycles. The molecule has 0 atom stereocenters. The average molecular weight is 215 g/mol. The smallest absolute Gasteiger partial charge is 0.319 e. The van der Waals surface area contributed by atoms with Gasteiger partial charge in [-0.25, -0.2) is 4.79 Å². The second-order valence-electron chi connectivity index (χ2n) is 2.72. The van der Waals surface area contributed by atoms with Gasteiger partial charge in [0.25, 0.3) is 0 Å². The maximum Gasteiger partial charge on any atom is 0.319 e. The summed E-state index contributed by atoms with van der Waals surface area (Å²) in [4.78, 5) is 12.2. The predicted octanol–water partition coefficient (Wildman–Crippen LogP) is 1.95. The summed E-state index contributed by atoms with van der Waals surface area (Å²) < 4.78 is 0. The SMILES string of the molecule is CCN(C(N)=O)c1cc(Cl)ccc1O. The van der Waals surface area contributed by atoms with Gasteiger partial charge in [-0.3, -0.25) is 4.90 Å². The van der Waals surface area contributed by atoms with Gasteiger partial charge in [-0.1, -0.05) is 11.6 Å². The van der Waals surface area contributed by atoms with Crippen LogP contribution in [-0.2, 0) is 0 Å². The van der Waals surface area contributed by atoms with E-state index in [4.69, 9.17) is 17.3 Å². The third-order valence-corrected chi connectivity index (χ3v) is 2.05. The molecule has 0 bridgehead atoms. The van der Waals surface area contributed by atoms with Crippen LogP contribution in [0.1, 0.15) is 6.92 Å². The normalized spacial score (nSPS) is 9.86. The van der Waals surface area contributed by atoms with Crippen LogP contribution >= 0.6 is 11.6 Å². The fourth-order valence-corrected chi connectivity index (χ4v) is 1.32. The van der Waals surface area contributed by atoms with Gasteiger partial charge in [0.05, 0.1) is 5.69 Å². The highest BCUT2D eigenvalue weighted by atomic mass is 35.5. The zero-order valence-electron chi connectivity index (χ0n) is 7.70. The zero-order chi connectivity index (χ0) is 10.7. The lowest BCUT2D eigenvalue weighted by molar-refractivity contribution is 0.254. The first-order chi connectivity index (χ1) is 6.56. The van der Waals surface area contributed by atoms with Crippen molar-refractivity contribution in [2.24, 2.45) is 5.73 Å². The van der Waals surface area contributed by atoms with E-state index in [9.17, 15) is 9.90 Å². The van der Waals surface area contributed by atoms with E-state index in [0.29, 0.717) is 17.3 Å². The van der Waals surface area contributed by atoms with Crippen molar-refractivity contribution in [3.8, 4) is 5.75 Å². The Morgan fingerprint density at radius 3 is 2.79 bits per heavy atom. The third-order valence-electron chi connectivity index (χ3n) is 1.81. The molecule has 76 valence electrons. The van der Waals surface area contributed by atoms with Crippen LogP contribution in [0.25, 0.3) is 0 Å². The van der Waals surface area contributed by atoms with Crippen molar-refractivity contribution in [3.05, 3.63) is 23.2 Å². The summed E-state index contributed by atoms with van der Waals surface area (Å²) in [6, 6.07) is 3.83. The number of aromatic hydroxyl groups is 1. The average Bonchev–Trinajstić information content (AvgIpc) is 2.11. The maximum atomic E-state index is 11.0. The Hall–Kier alpha value is -1.42. The molecular weight excluding hydrogens is 204 g/mol. The second-order valence-corrected chi connectivity index (χ2v) is 3.15. The van der Waals surface area contributed by atoms with Gasteiger partial charge in [0.15, 0.2) is 0 Å². The fraction of sp³-hybridized carbons (Fsp3) is 0.222. The minimum atomic E-state index is -0.620. The Labute approximate surface area is 86.9 Å². The topological polar surface area (TPSA) is 66.6 Å². The number of benzene rings is 1. The van der Waals surface area contributed by atoms with Crippen molar-refractivity contribution < 1.29 is 9.90 Å². The first-order valence-corrected chi connectivity index (χ1v) is 4.49. The van der Waals surface area contributed by atoms with Crippen molar-refractivity contribution >= 4 is 23.3 Å². The molecule has 0 saturated carbocycles. The summed E-state index contributed by atoms with van der Waals surface area (Å²) in [5.74, 6) is -0.0185. The Morgan fingerprint density at radius 1 is 1.64 bits per heavy atom. The molecule has 0 aliphatic heterocycles.